The lowest BCUT2D eigenvalue weighted by atomic mass is 10.0. The Labute approximate surface area is 240 Å². The summed E-state index contributed by atoms with van der Waals surface area (Å²) in [5.41, 5.74) is 9.97. The number of furan rings is 1. The number of nitrogens with two attached hydrogens (primary N) is 1. The topological polar surface area (TPSA) is 141 Å². The highest BCUT2D eigenvalue weighted by Gasteiger charge is 2.41. The molecule has 3 N–H and O–H groups in total. The summed E-state index contributed by atoms with van der Waals surface area (Å²) in [6.45, 7) is -0.366. The third-order valence-corrected chi connectivity index (χ3v) is 8.27. The Balaban J connectivity index is 1.20. The van der Waals surface area contributed by atoms with Crippen LogP contribution in [0, 0.1) is 0 Å². The Hall–Kier alpha value is -4.66. The molecule has 42 heavy (non-hydrogen) atoms. The van der Waals surface area contributed by atoms with Gasteiger partial charge in [-0.15, -0.1) is 0 Å². The van der Waals surface area contributed by atoms with Crippen molar-refractivity contribution < 1.29 is 31.9 Å². The van der Waals surface area contributed by atoms with Crippen LogP contribution in [0.4, 0.5) is 24.1 Å². The highest BCUT2D eigenvalue weighted by molar-refractivity contribution is 7.22. The molecule has 6 rings (SSSR count). The van der Waals surface area contributed by atoms with E-state index in [1.165, 1.54) is 16.2 Å². The first-order valence-corrected chi connectivity index (χ1v) is 13.8. The second-order valence-electron chi connectivity index (χ2n) is 9.73. The minimum atomic E-state index is -5.14. The summed E-state index contributed by atoms with van der Waals surface area (Å²) in [6.07, 6.45) is 1.19. The van der Waals surface area contributed by atoms with Crippen molar-refractivity contribution in [3.63, 3.8) is 0 Å². The molecular formula is C27H24F3N7O4S. The van der Waals surface area contributed by atoms with Crippen LogP contribution >= 0.6 is 11.3 Å². The van der Waals surface area contributed by atoms with Gasteiger partial charge in [0.2, 0.25) is 0 Å². The van der Waals surface area contributed by atoms with Crippen molar-refractivity contribution in [2.24, 2.45) is 0 Å². The number of hydrogen-bond acceptors (Lipinski definition) is 10. The molecule has 1 saturated heterocycles. The first-order valence-electron chi connectivity index (χ1n) is 12.9. The van der Waals surface area contributed by atoms with E-state index < -0.39 is 24.7 Å². The fraction of sp³-hybridized carbons (Fsp3) is 0.296. The maximum Gasteiger partial charge on any atom is 0.490 e. The van der Waals surface area contributed by atoms with Gasteiger partial charge in [0.15, 0.2) is 23.1 Å². The van der Waals surface area contributed by atoms with Gasteiger partial charge in [0, 0.05) is 54.6 Å². The predicted octanol–water partition coefficient (Wildman–Crippen LogP) is 4.86. The zero-order chi connectivity index (χ0) is 29.6. The van der Waals surface area contributed by atoms with Crippen molar-refractivity contribution in [2.45, 2.75) is 25.1 Å². The summed E-state index contributed by atoms with van der Waals surface area (Å²) in [4.78, 5) is 33.4. The number of carbonyl (C=O) groups is 2. The molecule has 15 heteroatoms. The normalized spacial score (nSPS) is 14.5. The summed E-state index contributed by atoms with van der Waals surface area (Å²) >= 11 is 1.53. The van der Waals surface area contributed by atoms with Gasteiger partial charge >= 0.3 is 12.1 Å². The smallest absolute Gasteiger partial charge is 0.452 e. The molecular weight excluding hydrogens is 575 g/mol. The van der Waals surface area contributed by atoms with E-state index in [0.717, 1.165) is 37.4 Å². The first-order chi connectivity index (χ1) is 20.1. The minimum absolute atomic E-state index is 0.0389. The number of amides is 1. The molecule has 0 saturated carbocycles. The molecule has 1 amide bonds. The van der Waals surface area contributed by atoms with Crippen LogP contribution in [0.25, 0.3) is 43.6 Å². The molecule has 1 aliphatic rings. The lowest BCUT2D eigenvalue weighted by Crippen LogP contribution is -2.42. The van der Waals surface area contributed by atoms with Crippen molar-refractivity contribution in [2.75, 3.05) is 37.8 Å². The molecule has 4 aromatic heterocycles. The number of nitrogen functional groups attached to an aromatic ring is 1. The number of hydrogen-bond donors (Lipinski definition) is 2. The number of esters is 1. The van der Waals surface area contributed by atoms with Crippen molar-refractivity contribution in [3.05, 3.63) is 42.9 Å². The monoisotopic (exact) mass is 599 g/mol. The number of aromatic nitrogens is 4. The van der Waals surface area contributed by atoms with Gasteiger partial charge in [0.05, 0.1) is 22.5 Å². The number of halogens is 3. The largest absolute Gasteiger partial charge is 0.490 e. The second kappa shape index (κ2) is 10.6. The Morgan fingerprint density at radius 1 is 1.21 bits per heavy atom. The molecule has 0 unspecified atom stereocenters. The number of benzene rings is 1. The maximum atomic E-state index is 12.3. The van der Waals surface area contributed by atoms with Gasteiger partial charge in [-0.3, -0.25) is 9.48 Å². The number of ether oxygens (including phenoxy) is 1. The number of nitrogens with one attached hydrogen (secondary N) is 1. The Kier molecular flexibility index (Phi) is 6.96. The highest BCUT2D eigenvalue weighted by atomic mass is 32.1. The zero-order valence-electron chi connectivity index (χ0n) is 22.1. The average Bonchev–Trinajstić information content (AvgIpc) is 3.74. The lowest BCUT2D eigenvalue weighted by Gasteiger charge is -2.32. The van der Waals surface area contributed by atoms with Crippen molar-refractivity contribution in [1.29, 1.82) is 0 Å². The molecule has 5 aromatic rings. The number of pyridine rings is 1. The van der Waals surface area contributed by atoms with Crippen molar-refractivity contribution in [1.82, 2.24) is 24.6 Å². The van der Waals surface area contributed by atoms with Crippen LogP contribution < -0.4 is 11.1 Å². The first kappa shape index (κ1) is 27.5. The van der Waals surface area contributed by atoms with E-state index in [0.29, 0.717) is 37.3 Å². The van der Waals surface area contributed by atoms with Crippen LogP contribution in [-0.2, 0) is 14.3 Å². The molecule has 1 fully saturated rings. The van der Waals surface area contributed by atoms with E-state index in [-0.39, 0.29) is 11.9 Å². The number of carbonyl (C=O) groups excluding carboxylic acids is 2. The van der Waals surface area contributed by atoms with Gasteiger partial charge in [-0.2, -0.15) is 18.3 Å². The molecule has 0 atom stereocenters. The van der Waals surface area contributed by atoms with Crippen LogP contribution in [0.2, 0.25) is 0 Å². The standard InChI is InChI=1S/C27H24F3N7O4S/c1-32-26-35-19-4-2-3-16(23(19)42-26)20-9-17-18(11-33-24(31)22(17)41-20)14-10-34-37(12-14)15-5-7-36(8-6-15)21(38)13-40-25(39)27(28,29)30/h2-4,9-12,15H,5-8,13H2,1H3,(H2,31,33)(H,32,35). The Bertz CT molecular complexity index is 1800. The fourth-order valence-corrected chi connectivity index (χ4v) is 5.95. The summed E-state index contributed by atoms with van der Waals surface area (Å²) in [6, 6.07) is 7.73. The van der Waals surface area contributed by atoms with E-state index in [2.05, 4.69) is 25.1 Å². The van der Waals surface area contributed by atoms with Crippen LogP contribution in [0.15, 0.2) is 47.3 Å². The molecule has 0 bridgehead atoms. The molecule has 1 aliphatic heterocycles. The van der Waals surface area contributed by atoms with E-state index in [9.17, 15) is 22.8 Å². The van der Waals surface area contributed by atoms with E-state index in [1.54, 1.807) is 17.1 Å². The number of rotatable bonds is 6. The van der Waals surface area contributed by atoms with Gasteiger partial charge in [-0.25, -0.2) is 14.8 Å². The van der Waals surface area contributed by atoms with Crippen molar-refractivity contribution in [3.8, 4) is 22.5 Å². The van der Waals surface area contributed by atoms with E-state index in [4.69, 9.17) is 10.2 Å². The molecule has 0 radical (unpaired) electrons. The molecule has 0 spiro atoms. The SMILES string of the molecule is CNc1nc2cccc(-c3cc4c(-c5cnn(C6CCN(C(=O)COC(=O)C(F)(F)F)CC6)c5)cnc(N)c4o3)c2s1. The van der Waals surface area contributed by atoms with Crippen LogP contribution in [0.3, 0.4) is 0 Å². The van der Waals surface area contributed by atoms with E-state index >= 15 is 0 Å². The number of piperidine rings is 1. The summed E-state index contributed by atoms with van der Waals surface area (Å²) < 4.78 is 50.1. The second-order valence-corrected chi connectivity index (χ2v) is 10.7. The molecule has 0 aliphatic carbocycles. The van der Waals surface area contributed by atoms with Crippen LogP contribution in [0.1, 0.15) is 18.9 Å². The van der Waals surface area contributed by atoms with Gasteiger partial charge in [0.25, 0.3) is 5.91 Å². The molecule has 218 valence electrons. The fourth-order valence-electron chi connectivity index (χ4n) is 5.01. The van der Waals surface area contributed by atoms with Gasteiger partial charge in [0.1, 0.15) is 5.76 Å². The average molecular weight is 600 g/mol. The third-order valence-electron chi connectivity index (χ3n) is 7.14. The quantitative estimate of drug-likeness (QED) is 0.262. The maximum absolute atomic E-state index is 12.3. The third kappa shape index (κ3) is 5.11. The Morgan fingerprint density at radius 3 is 2.74 bits per heavy atom. The number of likely N-dealkylation sites (tertiary alicyclic amines) is 1. The lowest BCUT2D eigenvalue weighted by molar-refractivity contribution is -0.200. The molecule has 5 heterocycles. The molecule has 1 aromatic carbocycles. The van der Waals surface area contributed by atoms with Crippen LogP contribution in [0.5, 0.6) is 0 Å². The number of fused-ring (bicyclic) bond motifs is 2. The summed E-state index contributed by atoms with van der Waals surface area (Å²) in [7, 11) is 1.82. The van der Waals surface area contributed by atoms with Gasteiger partial charge < -0.3 is 25.1 Å². The van der Waals surface area contributed by atoms with Crippen molar-refractivity contribution >= 4 is 55.3 Å². The zero-order valence-corrected chi connectivity index (χ0v) is 23.0. The summed E-state index contributed by atoms with van der Waals surface area (Å²) in [5, 5.41) is 9.19. The number of alkyl halides is 3. The minimum Gasteiger partial charge on any atom is -0.452 e. The van der Waals surface area contributed by atoms with Gasteiger partial charge in [-0.05, 0) is 31.0 Å². The summed E-state index contributed by atoms with van der Waals surface area (Å²) in [5.74, 6) is -2.16. The molecule has 11 nitrogen and oxygen atoms in total. The number of nitrogens with zero attached hydrogens (tertiary/aromatic N) is 5. The Morgan fingerprint density at radius 2 is 2.00 bits per heavy atom. The number of thiazole rings is 1. The highest BCUT2D eigenvalue weighted by Crippen LogP contribution is 2.41. The van der Waals surface area contributed by atoms with Gasteiger partial charge in [-0.1, -0.05) is 17.4 Å². The van der Waals surface area contributed by atoms with E-state index in [1.807, 2.05) is 37.5 Å². The predicted molar refractivity (Wildman–Crippen MR) is 150 cm³/mol. The van der Waals surface area contributed by atoms with Crippen LogP contribution in [-0.4, -0.2) is 69.4 Å². The number of anilines is 2.